The summed E-state index contributed by atoms with van der Waals surface area (Å²) in [5.41, 5.74) is 0.952. The Hall–Kier alpha value is -2.71. The number of carbonyl (C=O) groups excluding carboxylic acids is 1. The monoisotopic (exact) mass is 390 g/mol. The predicted molar refractivity (Wildman–Crippen MR) is 101 cm³/mol. The number of benzene rings is 2. The van der Waals surface area contributed by atoms with Gasteiger partial charge in [0.1, 0.15) is 0 Å². The summed E-state index contributed by atoms with van der Waals surface area (Å²) in [4.78, 5) is 23.3. The number of carboxylic acid groups (broad SMARTS) is 1. The highest BCUT2D eigenvalue weighted by Crippen LogP contribution is 2.13. The van der Waals surface area contributed by atoms with Crippen molar-refractivity contribution >= 4 is 21.9 Å². The van der Waals surface area contributed by atoms with E-state index in [1.165, 1.54) is 31.2 Å². The Morgan fingerprint density at radius 2 is 1.70 bits per heavy atom. The SMILES string of the molecule is CC(NC(=O)c1cccc(S(=O)(=O)NCc2ccccc2)c1)C(C)C(=O)O. The lowest BCUT2D eigenvalue weighted by Gasteiger charge is -2.18. The van der Waals surface area contributed by atoms with Gasteiger partial charge in [0.05, 0.1) is 10.8 Å². The third-order valence-electron chi connectivity index (χ3n) is 4.21. The van der Waals surface area contributed by atoms with Crippen LogP contribution in [0.5, 0.6) is 0 Å². The molecule has 0 saturated heterocycles. The lowest BCUT2D eigenvalue weighted by molar-refractivity contribution is -0.141. The summed E-state index contributed by atoms with van der Waals surface area (Å²) in [6, 6.07) is 14.1. The van der Waals surface area contributed by atoms with Crippen LogP contribution in [0.25, 0.3) is 0 Å². The normalized spacial score (nSPS) is 13.6. The minimum Gasteiger partial charge on any atom is -0.481 e. The maximum absolute atomic E-state index is 12.5. The Bertz CT molecular complexity index is 913. The molecule has 7 nitrogen and oxygen atoms in total. The van der Waals surface area contributed by atoms with Gasteiger partial charge in [0.15, 0.2) is 0 Å². The van der Waals surface area contributed by atoms with Crippen molar-refractivity contribution < 1.29 is 23.1 Å². The summed E-state index contributed by atoms with van der Waals surface area (Å²) in [6.07, 6.45) is 0. The molecule has 0 aliphatic carbocycles. The Balaban J connectivity index is 2.11. The topological polar surface area (TPSA) is 113 Å². The quantitative estimate of drug-likeness (QED) is 0.638. The molecule has 0 bridgehead atoms. The number of hydrogen-bond donors (Lipinski definition) is 3. The van der Waals surface area contributed by atoms with Gasteiger partial charge in [0.25, 0.3) is 5.91 Å². The minimum absolute atomic E-state index is 0.0370. The van der Waals surface area contributed by atoms with Gasteiger partial charge in [-0.3, -0.25) is 9.59 Å². The van der Waals surface area contributed by atoms with Crippen molar-refractivity contribution in [2.45, 2.75) is 31.3 Å². The number of aliphatic carboxylic acids is 1. The first-order valence-electron chi connectivity index (χ1n) is 8.38. The maximum Gasteiger partial charge on any atom is 0.308 e. The van der Waals surface area contributed by atoms with Gasteiger partial charge < -0.3 is 10.4 Å². The molecule has 27 heavy (non-hydrogen) atoms. The molecule has 2 atom stereocenters. The Morgan fingerprint density at radius 3 is 2.33 bits per heavy atom. The van der Waals surface area contributed by atoms with Crippen molar-refractivity contribution in [2.24, 2.45) is 5.92 Å². The largest absolute Gasteiger partial charge is 0.481 e. The summed E-state index contributed by atoms with van der Waals surface area (Å²) >= 11 is 0. The van der Waals surface area contributed by atoms with Crippen LogP contribution < -0.4 is 10.0 Å². The molecule has 0 fully saturated rings. The molecule has 0 radical (unpaired) electrons. The van der Waals surface area contributed by atoms with Gasteiger partial charge in [-0.15, -0.1) is 0 Å². The van der Waals surface area contributed by atoms with Gasteiger partial charge in [0, 0.05) is 18.2 Å². The van der Waals surface area contributed by atoms with E-state index in [9.17, 15) is 18.0 Å². The number of sulfonamides is 1. The zero-order valence-corrected chi connectivity index (χ0v) is 15.9. The van der Waals surface area contributed by atoms with E-state index in [-0.39, 0.29) is 17.0 Å². The summed E-state index contributed by atoms with van der Waals surface area (Å²) in [6.45, 7) is 3.20. The van der Waals surface area contributed by atoms with Crippen molar-refractivity contribution in [3.05, 3.63) is 65.7 Å². The molecule has 2 rings (SSSR count). The first-order chi connectivity index (χ1) is 12.7. The van der Waals surface area contributed by atoms with Crippen LogP contribution in [0.3, 0.4) is 0 Å². The van der Waals surface area contributed by atoms with E-state index in [0.717, 1.165) is 5.56 Å². The fourth-order valence-corrected chi connectivity index (χ4v) is 3.35. The average Bonchev–Trinajstić information content (AvgIpc) is 2.66. The second-order valence-corrected chi connectivity index (χ2v) is 7.99. The van der Waals surface area contributed by atoms with Crippen molar-refractivity contribution in [2.75, 3.05) is 0 Å². The van der Waals surface area contributed by atoms with Gasteiger partial charge in [-0.05, 0) is 37.6 Å². The van der Waals surface area contributed by atoms with Gasteiger partial charge in [-0.2, -0.15) is 0 Å². The van der Waals surface area contributed by atoms with Crippen LogP contribution in [0.4, 0.5) is 0 Å². The molecule has 2 aromatic rings. The molecule has 0 aliphatic rings. The van der Waals surface area contributed by atoms with E-state index in [0.29, 0.717) is 0 Å². The van der Waals surface area contributed by atoms with Crippen LogP contribution in [0.15, 0.2) is 59.5 Å². The third kappa shape index (κ3) is 5.63. The Kier molecular flexibility index (Phi) is 6.70. The highest BCUT2D eigenvalue weighted by Gasteiger charge is 2.22. The van der Waals surface area contributed by atoms with Gasteiger partial charge >= 0.3 is 5.97 Å². The Morgan fingerprint density at radius 1 is 1.04 bits per heavy atom. The molecule has 2 aromatic carbocycles. The molecule has 0 heterocycles. The lowest BCUT2D eigenvalue weighted by atomic mass is 10.0. The number of nitrogens with one attached hydrogen (secondary N) is 2. The van der Waals surface area contributed by atoms with E-state index in [1.54, 1.807) is 19.1 Å². The van der Waals surface area contributed by atoms with Gasteiger partial charge in [-0.25, -0.2) is 13.1 Å². The summed E-state index contributed by atoms with van der Waals surface area (Å²) < 4.78 is 27.5. The molecule has 0 saturated carbocycles. The molecule has 144 valence electrons. The fraction of sp³-hybridized carbons (Fsp3) is 0.263. The third-order valence-corrected chi connectivity index (χ3v) is 5.61. The van der Waals surface area contributed by atoms with Gasteiger partial charge in [-0.1, -0.05) is 36.4 Å². The second-order valence-electron chi connectivity index (χ2n) is 6.23. The zero-order chi connectivity index (χ0) is 20.0. The molecule has 1 amide bonds. The van der Waals surface area contributed by atoms with Crippen LogP contribution in [-0.2, 0) is 21.4 Å². The van der Waals surface area contributed by atoms with E-state index in [4.69, 9.17) is 5.11 Å². The smallest absolute Gasteiger partial charge is 0.308 e. The van der Waals surface area contributed by atoms with E-state index >= 15 is 0 Å². The van der Waals surface area contributed by atoms with Crippen LogP contribution >= 0.6 is 0 Å². The van der Waals surface area contributed by atoms with Crippen LogP contribution in [-0.4, -0.2) is 31.4 Å². The van der Waals surface area contributed by atoms with E-state index in [1.807, 2.05) is 18.2 Å². The van der Waals surface area contributed by atoms with Crippen molar-refractivity contribution in [1.29, 1.82) is 0 Å². The maximum atomic E-state index is 12.5. The number of carbonyl (C=O) groups is 2. The minimum atomic E-state index is -3.80. The zero-order valence-electron chi connectivity index (χ0n) is 15.0. The lowest BCUT2D eigenvalue weighted by Crippen LogP contribution is -2.40. The molecule has 0 spiro atoms. The predicted octanol–water partition coefficient (Wildman–Crippen LogP) is 2.00. The number of hydrogen-bond acceptors (Lipinski definition) is 4. The number of amides is 1. The molecular formula is C19H22N2O5S. The molecule has 0 aromatic heterocycles. The molecular weight excluding hydrogens is 368 g/mol. The van der Waals surface area contributed by atoms with Crippen LogP contribution in [0.2, 0.25) is 0 Å². The number of rotatable bonds is 8. The highest BCUT2D eigenvalue weighted by atomic mass is 32.2. The number of carboxylic acids is 1. The summed E-state index contributed by atoms with van der Waals surface area (Å²) in [5.74, 6) is -2.33. The first-order valence-corrected chi connectivity index (χ1v) is 9.86. The average molecular weight is 390 g/mol. The van der Waals surface area contributed by atoms with E-state index in [2.05, 4.69) is 10.0 Å². The Labute approximate surface area is 158 Å². The van der Waals surface area contributed by atoms with Crippen molar-refractivity contribution in [3.63, 3.8) is 0 Å². The van der Waals surface area contributed by atoms with Crippen molar-refractivity contribution in [3.8, 4) is 0 Å². The standard InChI is InChI=1S/C19H22N2O5S/c1-13(19(23)24)14(2)21-18(22)16-9-6-10-17(11-16)27(25,26)20-12-15-7-4-3-5-8-15/h3-11,13-14,20H,12H2,1-2H3,(H,21,22)(H,23,24). The van der Waals surface area contributed by atoms with Crippen LogP contribution in [0, 0.1) is 5.92 Å². The van der Waals surface area contributed by atoms with Gasteiger partial charge in [0.2, 0.25) is 10.0 Å². The van der Waals surface area contributed by atoms with E-state index < -0.39 is 33.9 Å². The molecule has 3 N–H and O–H groups in total. The molecule has 8 heteroatoms. The summed E-state index contributed by atoms with van der Waals surface area (Å²) in [5, 5.41) is 11.6. The molecule has 0 aliphatic heterocycles. The van der Waals surface area contributed by atoms with Crippen molar-refractivity contribution in [1.82, 2.24) is 10.0 Å². The molecule has 2 unspecified atom stereocenters. The second kappa shape index (κ2) is 8.79. The highest BCUT2D eigenvalue weighted by molar-refractivity contribution is 7.89. The summed E-state index contributed by atoms with van der Waals surface area (Å²) in [7, 11) is -3.80. The van der Waals surface area contributed by atoms with Crippen LogP contribution in [0.1, 0.15) is 29.8 Å². The fourth-order valence-electron chi connectivity index (χ4n) is 2.29. The first kappa shape index (κ1) is 20.6.